The summed E-state index contributed by atoms with van der Waals surface area (Å²) in [5.74, 6) is 0.525. The Labute approximate surface area is 285 Å². The van der Waals surface area contributed by atoms with E-state index in [9.17, 15) is 9.18 Å². The minimum atomic E-state index is -0.553. The van der Waals surface area contributed by atoms with E-state index in [-0.39, 0.29) is 23.6 Å². The third kappa shape index (κ3) is 6.86. The summed E-state index contributed by atoms with van der Waals surface area (Å²) in [6.45, 7) is 11.3. The van der Waals surface area contributed by atoms with E-state index >= 15 is 0 Å². The van der Waals surface area contributed by atoms with Crippen LogP contribution in [0.3, 0.4) is 0 Å². The summed E-state index contributed by atoms with van der Waals surface area (Å²) < 4.78 is 33.1. The molecule has 3 fully saturated rings. The highest BCUT2D eigenvalue weighted by Crippen LogP contribution is 2.38. The molecule has 13 heteroatoms. The van der Waals surface area contributed by atoms with Crippen LogP contribution in [-0.4, -0.2) is 105 Å². The van der Waals surface area contributed by atoms with E-state index in [4.69, 9.17) is 25.0 Å². The Hall–Kier alpha value is -4.49. The van der Waals surface area contributed by atoms with Crippen molar-refractivity contribution in [2.45, 2.75) is 70.2 Å². The van der Waals surface area contributed by atoms with Gasteiger partial charge < -0.3 is 24.8 Å². The molecular formula is C36H45FN8O4. The fourth-order valence-corrected chi connectivity index (χ4v) is 7.28. The van der Waals surface area contributed by atoms with E-state index in [1.807, 2.05) is 42.5 Å². The molecule has 2 aromatic heterocycles. The van der Waals surface area contributed by atoms with Crippen LogP contribution in [-0.2, 0) is 4.74 Å². The third-order valence-electron chi connectivity index (χ3n) is 9.93. The zero-order chi connectivity index (χ0) is 34.3. The number of anilines is 1. The van der Waals surface area contributed by atoms with Gasteiger partial charge in [0.25, 0.3) is 0 Å². The second-order valence-corrected chi connectivity index (χ2v) is 14.2. The zero-order valence-electron chi connectivity index (χ0n) is 28.6. The number of carbonyl (C=O) groups excluding carboxylic acids is 1. The molecule has 1 amide bonds. The molecule has 0 radical (unpaired) electrons. The van der Waals surface area contributed by atoms with Crippen LogP contribution in [0.25, 0.3) is 22.3 Å². The molecule has 2 aromatic carbocycles. The van der Waals surface area contributed by atoms with E-state index in [0.29, 0.717) is 29.3 Å². The van der Waals surface area contributed by atoms with Crippen molar-refractivity contribution in [2.75, 3.05) is 52.1 Å². The molecule has 2 aliphatic heterocycles. The second kappa shape index (κ2) is 13.4. The number of hydrogen-bond donors (Lipinski definition) is 1. The maximum atomic E-state index is 14.7. The first-order chi connectivity index (χ1) is 23.6. The average molecular weight is 673 g/mol. The number of halogens is 1. The van der Waals surface area contributed by atoms with Crippen LogP contribution in [0.2, 0.25) is 0 Å². The number of nitrogens with two attached hydrogens (primary N) is 1. The summed E-state index contributed by atoms with van der Waals surface area (Å²) in [5, 5.41) is 5.81. The van der Waals surface area contributed by atoms with Gasteiger partial charge in [0.1, 0.15) is 29.2 Å². The molecule has 0 bridgehead atoms. The van der Waals surface area contributed by atoms with Gasteiger partial charge in [0.2, 0.25) is 5.82 Å². The number of aromatic nitrogens is 4. The Morgan fingerprint density at radius 3 is 2.16 bits per heavy atom. The van der Waals surface area contributed by atoms with Crippen molar-refractivity contribution in [3.8, 4) is 28.5 Å². The molecule has 4 heterocycles. The Morgan fingerprint density at radius 2 is 1.51 bits per heavy atom. The fraction of sp³-hybridized carbons (Fsp3) is 0.500. The monoisotopic (exact) mass is 672 g/mol. The second-order valence-electron chi connectivity index (χ2n) is 14.2. The summed E-state index contributed by atoms with van der Waals surface area (Å²) in [6.07, 6.45) is 5.46. The van der Waals surface area contributed by atoms with Crippen LogP contribution in [0, 0.1) is 5.82 Å². The summed E-state index contributed by atoms with van der Waals surface area (Å²) in [7, 11) is 1.42. The predicted molar refractivity (Wildman–Crippen MR) is 184 cm³/mol. The predicted octanol–water partition coefficient (Wildman–Crippen LogP) is 5.74. The topological polar surface area (TPSA) is 124 Å². The summed E-state index contributed by atoms with van der Waals surface area (Å²) in [5.41, 5.74) is 8.23. The Balaban J connectivity index is 0.971. The minimum Gasteiger partial charge on any atom is -0.494 e. The lowest BCUT2D eigenvalue weighted by Gasteiger charge is -2.49. The van der Waals surface area contributed by atoms with Crippen LogP contribution in [0.5, 0.6) is 17.2 Å². The quantitative estimate of drug-likeness (QED) is 0.260. The van der Waals surface area contributed by atoms with Gasteiger partial charge in [-0.1, -0.05) is 6.07 Å². The van der Waals surface area contributed by atoms with Crippen LogP contribution in [0.1, 0.15) is 52.5 Å². The normalized spacial score (nSPS) is 21.0. The van der Waals surface area contributed by atoms with Crippen molar-refractivity contribution >= 4 is 22.9 Å². The summed E-state index contributed by atoms with van der Waals surface area (Å²) in [6, 6.07) is 13.3. The standard InChI is InChI=1S/C36H45FN8O4/c1-36(2,3)49-35(46)44-20-26(21-44)43-18-16-42(17-19-43)24-10-12-25(13-11-24)45-34-30(33(38)39-22-40-34)32(41-45)23-8-14-27(15-9-23)48-29-7-5-6-28(47-4)31(29)37/h5-9,14-15,22,24-26H,10-13,16-21H2,1-4H3,(H2,38,39,40). The van der Waals surface area contributed by atoms with Crippen molar-refractivity contribution in [3.05, 3.63) is 54.6 Å². The highest BCUT2D eigenvalue weighted by molar-refractivity contribution is 5.98. The van der Waals surface area contributed by atoms with Gasteiger partial charge in [0.05, 0.1) is 18.5 Å². The molecule has 0 atom stereocenters. The van der Waals surface area contributed by atoms with E-state index < -0.39 is 11.4 Å². The lowest BCUT2D eigenvalue weighted by atomic mass is 9.89. The number of piperazine rings is 1. The van der Waals surface area contributed by atoms with Gasteiger partial charge in [-0.25, -0.2) is 19.4 Å². The van der Waals surface area contributed by atoms with E-state index in [1.165, 1.54) is 13.4 Å². The highest BCUT2D eigenvalue weighted by Gasteiger charge is 2.39. The van der Waals surface area contributed by atoms with Crippen molar-refractivity contribution in [2.24, 2.45) is 0 Å². The molecule has 2 N–H and O–H groups in total. The lowest BCUT2D eigenvalue weighted by molar-refractivity contribution is -0.0299. The van der Waals surface area contributed by atoms with Crippen LogP contribution in [0.4, 0.5) is 15.0 Å². The number of carbonyl (C=O) groups is 1. The Kier molecular flexibility index (Phi) is 9.05. The van der Waals surface area contributed by atoms with Crippen molar-refractivity contribution < 1.29 is 23.4 Å². The molecule has 1 saturated carbocycles. The number of hydrogen-bond acceptors (Lipinski definition) is 10. The van der Waals surface area contributed by atoms with E-state index in [2.05, 4.69) is 19.8 Å². The third-order valence-corrected chi connectivity index (χ3v) is 9.93. The van der Waals surface area contributed by atoms with Gasteiger partial charge in [0, 0.05) is 56.9 Å². The number of nitrogens with zero attached hydrogens (tertiary/aromatic N) is 7. The molecule has 2 saturated heterocycles. The number of ether oxygens (including phenoxy) is 3. The molecular weight excluding hydrogens is 627 g/mol. The van der Waals surface area contributed by atoms with E-state index in [1.54, 1.807) is 30.3 Å². The lowest BCUT2D eigenvalue weighted by Crippen LogP contribution is -2.65. The number of fused-ring (bicyclic) bond motifs is 1. The first-order valence-electron chi connectivity index (χ1n) is 17.1. The molecule has 4 aromatic rings. The molecule has 260 valence electrons. The number of amides is 1. The molecule has 0 spiro atoms. The first-order valence-corrected chi connectivity index (χ1v) is 17.1. The summed E-state index contributed by atoms with van der Waals surface area (Å²) >= 11 is 0. The van der Waals surface area contributed by atoms with Crippen molar-refractivity contribution in [1.29, 1.82) is 0 Å². The van der Waals surface area contributed by atoms with Crippen molar-refractivity contribution in [1.82, 2.24) is 34.4 Å². The summed E-state index contributed by atoms with van der Waals surface area (Å²) in [4.78, 5) is 28.2. The number of benzene rings is 2. The van der Waals surface area contributed by atoms with Crippen molar-refractivity contribution in [3.63, 3.8) is 0 Å². The van der Waals surface area contributed by atoms with Crippen LogP contribution >= 0.6 is 0 Å². The SMILES string of the molecule is COc1cccc(Oc2ccc(-c3nn(C4CCC(N5CCN(C6CN(C(=O)OC(C)(C)C)C6)CC5)CC4)c4ncnc(N)c34)cc2)c1F. The zero-order valence-corrected chi connectivity index (χ0v) is 28.6. The molecule has 1 aliphatic carbocycles. The number of methoxy groups -OCH3 is 1. The number of rotatable bonds is 7. The van der Waals surface area contributed by atoms with Crippen LogP contribution < -0.4 is 15.2 Å². The Morgan fingerprint density at radius 1 is 0.878 bits per heavy atom. The highest BCUT2D eigenvalue weighted by atomic mass is 19.1. The van der Waals surface area contributed by atoms with Gasteiger partial charge >= 0.3 is 6.09 Å². The number of nitrogen functional groups attached to an aromatic ring is 1. The Bertz CT molecular complexity index is 1790. The smallest absolute Gasteiger partial charge is 0.410 e. The van der Waals surface area contributed by atoms with E-state index in [0.717, 1.165) is 81.5 Å². The minimum absolute atomic E-state index is 0.0851. The molecule has 3 aliphatic rings. The molecule has 0 unspecified atom stereocenters. The van der Waals surface area contributed by atoms with Gasteiger partial charge in [-0.15, -0.1) is 0 Å². The first kappa shape index (κ1) is 33.0. The van der Waals surface area contributed by atoms with Gasteiger partial charge in [0.15, 0.2) is 17.1 Å². The molecule has 12 nitrogen and oxygen atoms in total. The largest absolute Gasteiger partial charge is 0.494 e. The maximum Gasteiger partial charge on any atom is 0.410 e. The number of likely N-dealkylation sites (tertiary alicyclic amines) is 1. The fourth-order valence-electron chi connectivity index (χ4n) is 7.28. The van der Waals surface area contributed by atoms with Gasteiger partial charge in [-0.2, -0.15) is 9.49 Å². The average Bonchev–Trinajstić information content (AvgIpc) is 3.46. The van der Waals surface area contributed by atoms with Gasteiger partial charge in [-0.05, 0) is 82.9 Å². The van der Waals surface area contributed by atoms with Crippen LogP contribution in [0.15, 0.2) is 48.8 Å². The molecule has 49 heavy (non-hydrogen) atoms. The molecule has 7 rings (SSSR count). The maximum absolute atomic E-state index is 14.7. The van der Waals surface area contributed by atoms with Gasteiger partial charge in [-0.3, -0.25) is 9.80 Å².